The first-order valence-electron chi connectivity index (χ1n) is 8.19. The summed E-state index contributed by atoms with van der Waals surface area (Å²) in [4.78, 5) is 25.7. The highest BCUT2D eigenvalue weighted by Crippen LogP contribution is 2.25. The van der Waals surface area contributed by atoms with Crippen molar-refractivity contribution in [2.24, 2.45) is 0 Å². The van der Waals surface area contributed by atoms with E-state index in [1.54, 1.807) is 24.0 Å². The molecule has 0 spiro atoms. The van der Waals surface area contributed by atoms with Crippen LogP contribution in [0.5, 0.6) is 5.75 Å². The van der Waals surface area contributed by atoms with E-state index in [1.807, 2.05) is 4.90 Å². The van der Waals surface area contributed by atoms with Crippen LogP contribution in [0.25, 0.3) is 0 Å². The molecule has 0 saturated carbocycles. The molecule has 9 heteroatoms. The van der Waals surface area contributed by atoms with Crippen molar-refractivity contribution in [2.75, 3.05) is 45.9 Å². The predicted molar refractivity (Wildman–Crippen MR) is 89.6 cm³/mol. The van der Waals surface area contributed by atoms with Gasteiger partial charge in [0.15, 0.2) is 5.75 Å². The topological polar surface area (TPSA) is 105 Å². The summed E-state index contributed by atoms with van der Waals surface area (Å²) in [7, 11) is 0. The van der Waals surface area contributed by atoms with Gasteiger partial charge in [0, 0.05) is 38.8 Å². The van der Waals surface area contributed by atoms with E-state index in [2.05, 4.69) is 0 Å². The number of hydrogen-bond acceptors (Lipinski definition) is 7. The fourth-order valence-electron chi connectivity index (χ4n) is 2.59. The molecule has 0 aliphatic carbocycles. The van der Waals surface area contributed by atoms with Gasteiger partial charge in [-0.3, -0.25) is 15.0 Å². The van der Waals surface area contributed by atoms with Crippen molar-refractivity contribution >= 4 is 11.8 Å². The normalized spacial score (nSPS) is 16.3. The molecule has 1 aromatic carbocycles. The zero-order valence-corrected chi connectivity index (χ0v) is 14.2. The minimum Gasteiger partial charge on any atom is -0.484 e. The third kappa shape index (κ3) is 5.57. The van der Waals surface area contributed by atoms with E-state index in [-0.39, 0.29) is 24.1 Å². The molecule has 1 aliphatic rings. The first kappa shape index (κ1) is 18.9. The van der Waals surface area contributed by atoms with Crippen LogP contribution in [-0.2, 0) is 4.74 Å². The molecule has 1 atom stereocenters. The number of aliphatic hydroxyl groups is 1. The summed E-state index contributed by atoms with van der Waals surface area (Å²) in [6.07, 6.45) is -1.10. The molecule has 1 N–H and O–H groups in total. The second-order valence-corrected chi connectivity index (χ2v) is 5.68. The van der Waals surface area contributed by atoms with Crippen LogP contribution in [-0.4, -0.2) is 78.0 Å². The summed E-state index contributed by atoms with van der Waals surface area (Å²) in [5.74, 6) is 0.138. The second-order valence-electron chi connectivity index (χ2n) is 5.68. The Labute approximate surface area is 145 Å². The van der Waals surface area contributed by atoms with Crippen LogP contribution in [0.1, 0.15) is 6.92 Å². The standard InChI is InChI=1S/C16H23N3O6/c1-2-24-16(21)18-9-7-17(8-10-18)11-13(20)12-25-15-6-4-3-5-14(15)19(22)23/h3-6,13,20H,2,7-12H2,1H3/t13-/m0/s1. The number of carbonyl (C=O) groups is 1. The number of benzene rings is 1. The van der Waals surface area contributed by atoms with Gasteiger partial charge in [0.25, 0.3) is 0 Å². The molecule has 0 unspecified atom stereocenters. The average molecular weight is 353 g/mol. The van der Waals surface area contributed by atoms with Crippen LogP contribution in [0.4, 0.5) is 10.5 Å². The summed E-state index contributed by atoms with van der Waals surface area (Å²) >= 11 is 0. The van der Waals surface area contributed by atoms with Crippen LogP contribution in [0, 0.1) is 10.1 Å². The third-order valence-electron chi connectivity index (χ3n) is 3.86. The summed E-state index contributed by atoms with van der Waals surface area (Å²) in [5, 5.41) is 21.0. The lowest BCUT2D eigenvalue weighted by Crippen LogP contribution is -2.51. The van der Waals surface area contributed by atoms with Gasteiger partial charge in [-0.05, 0) is 13.0 Å². The minimum atomic E-state index is -0.783. The van der Waals surface area contributed by atoms with Crippen molar-refractivity contribution in [3.63, 3.8) is 0 Å². The molecule has 1 fully saturated rings. The molecule has 25 heavy (non-hydrogen) atoms. The van der Waals surface area contributed by atoms with E-state index in [9.17, 15) is 20.0 Å². The van der Waals surface area contributed by atoms with Crippen LogP contribution >= 0.6 is 0 Å². The van der Waals surface area contributed by atoms with Gasteiger partial charge in [0.05, 0.1) is 11.5 Å². The maximum Gasteiger partial charge on any atom is 0.409 e. The number of nitro benzene ring substituents is 1. The van der Waals surface area contributed by atoms with E-state index < -0.39 is 11.0 Å². The SMILES string of the molecule is CCOC(=O)N1CCN(C[C@H](O)COc2ccccc2[N+](=O)[O-])CC1. The molecule has 9 nitrogen and oxygen atoms in total. The van der Waals surface area contributed by atoms with Gasteiger partial charge < -0.3 is 19.5 Å². The Morgan fingerprint density at radius 3 is 2.64 bits per heavy atom. The molecule has 1 amide bonds. The third-order valence-corrected chi connectivity index (χ3v) is 3.86. The zero-order chi connectivity index (χ0) is 18.2. The maximum atomic E-state index is 11.6. The number of rotatable bonds is 7. The fraction of sp³-hybridized carbons (Fsp3) is 0.562. The molecule has 138 valence electrons. The van der Waals surface area contributed by atoms with Gasteiger partial charge in [-0.25, -0.2) is 4.79 Å². The summed E-state index contributed by atoms with van der Waals surface area (Å²) in [6, 6.07) is 6.06. The summed E-state index contributed by atoms with van der Waals surface area (Å²) < 4.78 is 10.4. The number of ether oxygens (including phenoxy) is 2. The van der Waals surface area contributed by atoms with Gasteiger partial charge in [-0.15, -0.1) is 0 Å². The van der Waals surface area contributed by atoms with E-state index in [0.717, 1.165) is 0 Å². The van der Waals surface area contributed by atoms with Crippen LogP contribution < -0.4 is 4.74 Å². The predicted octanol–water partition coefficient (Wildman–Crippen LogP) is 1.11. The molecular weight excluding hydrogens is 330 g/mol. The molecule has 2 rings (SSSR count). The highest BCUT2D eigenvalue weighted by Gasteiger charge is 2.23. The molecule has 0 radical (unpaired) electrons. The molecule has 1 aromatic rings. The Balaban J connectivity index is 1.76. The van der Waals surface area contributed by atoms with Gasteiger partial charge in [-0.1, -0.05) is 12.1 Å². The highest BCUT2D eigenvalue weighted by molar-refractivity contribution is 5.67. The molecule has 1 heterocycles. The number of nitro groups is 1. The van der Waals surface area contributed by atoms with E-state index in [1.165, 1.54) is 12.1 Å². The average Bonchev–Trinajstić information content (AvgIpc) is 2.61. The van der Waals surface area contributed by atoms with E-state index >= 15 is 0 Å². The first-order chi connectivity index (χ1) is 12.0. The van der Waals surface area contributed by atoms with Crippen LogP contribution in [0.3, 0.4) is 0 Å². The lowest BCUT2D eigenvalue weighted by molar-refractivity contribution is -0.385. The lowest BCUT2D eigenvalue weighted by Gasteiger charge is -2.34. The van der Waals surface area contributed by atoms with Crippen molar-refractivity contribution < 1.29 is 24.3 Å². The van der Waals surface area contributed by atoms with Gasteiger partial charge in [-0.2, -0.15) is 0 Å². The van der Waals surface area contributed by atoms with Crippen molar-refractivity contribution in [1.82, 2.24) is 9.80 Å². The Morgan fingerprint density at radius 1 is 1.32 bits per heavy atom. The smallest absolute Gasteiger partial charge is 0.409 e. The number of aliphatic hydroxyl groups excluding tert-OH is 1. The highest BCUT2D eigenvalue weighted by atomic mass is 16.6. The van der Waals surface area contributed by atoms with Crippen LogP contribution in [0.2, 0.25) is 0 Å². The van der Waals surface area contributed by atoms with Gasteiger partial charge in [0.1, 0.15) is 12.7 Å². The summed E-state index contributed by atoms with van der Waals surface area (Å²) in [5.41, 5.74) is -0.127. The number of nitrogens with zero attached hydrogens (tertiary/aromatic N) is 3. The zero-order valence-electron chi connectivity index (χ0n) is 14.2. The summed E-state index contributed by atoms with van der Waals surface area (Å²) in [6.45, 7) is 4.78. The van der Waals surface area contributed by atoms with Crippen molar-refractivity contribution in [2.45, 2.75) is 13.0 Å². The van der Waals surface area contributed by atoms with Crippen LogP contribution in [0.15, 0.2) is 24.3 Å². The Kier molecular flexibility index (Phi) is 6.96. The van der Waals surface area contributed by atoms with Crippen molar-refractivity contribution in [3.05, 3.63) is 34.4 Å². The second kappa shape index (κ2) is 9.19. The lowest BCUT2D eigenvalue weighted by atomic mass is 10.2. The Hall–Kier alpha value is -2.39. The van der Waals surface area contributed by atoms with E-state index in [0.29, 0.717) is 39.3 Å². The quantitative estimate of drug-likeness (QED) is 0.578. The Bertz CT molecular complexity index is 589. The molecule has 0 aromatic heterocycles. The number of piperazine rings is 1. The number of β-amino-alcohol motifs (C(OH)–C–C–N with tert-alkyl or cyclic N) is 1. The maximum absolute atomic E-state index is 11.6. The molecule has 0 bridgehead atoms. The van der Waals surface area contributed by atoms with Gasteiger partial charge in [0.2, 0.25) is 0 Å². The van der Waals surface area contributed by atoms with Gasteiger partial charge >= 0.3 is 11.8 Å². The van der Waals surface area contributed by atoms with Crippen molar-refractivity contribution in [1.29, 1.82) is 0 Å². The van der Waals surface area contributed by atoms with Crippen molar-refractivity contribution in [3.8, 4) is 5.75 Å². The number of carbonyl (C=O) groups excluding carboxylic acids is 1. The number of hydrogen-bond donors (Lipinski definition) is 1. The Morgan fingerprint density at radius 2 is 2.00 bits per heavy atom. The molecule has 1 saturated heterocycles. The largest absolute Gasteiger partial charge is 0.484 e. The monoisotopic (exact) mass is 353 g/mol. The number of para-hydroxylation sites is 2. The molecular formula is C16H23N3O6. The first-order valence-corrected chi connectivity index (χ1v) is 8.19. The number of amides is 1. The fourth-order valence-corrected chi connectivity index (χ4v) is 2.59. The molecule has 1 aliphatic heterocycles. The minimum absolute atomic E-state index is 0.0387. The van der Waals surface area contributed by atoms with E-state index in [4.69, 9.17) is 9.47 Å².